The van der Waals surface area contributed by atoms with E-state index < -0.39 is 17.6 Å². The summed E-state index contributed by atoms with van der Waals surface area (Å²) in [6.07, 6.45) is -3.17. The zero-order valence-corrected chi connectivity index (χ0v) is 27.0. The minimum absolute atomic E-state index is 0.144. The number of nitrogens with one attached hydrogen (secondary N) is 2. The highest BCUT2D eigenvalue weighted by Gasteiger charge is 2.34. The van der Waals surface area contributed by atoms with Crippen LogP contribution in [0.4, 0.5) is 13.2 Å². The number of hydrogen-bond donors (Lipinski definition) is 2. The van der Waals surface area contributed by atoms with Crippen molar-refractivity contribution in [3.8, 4) is 11.5 Å². The van der Waals surface area contributed by atoms with Gasteiger partial charge in [0.1, 0.15) is 20.1 Å². The monoisotopic (exact) mass is 674 g/mol. The first-order valence-corrected chi connectivity index (χ1v) is 15.2. The molecule has 0 aromatic heterocycles. The van der Waals surface area contributed by atoms with Crippen LogP contribution in [0.1, 0.15) is 33.4 Å². The first kappa shape index (κ1) is 33.2. The number of hydrogen-bond acceptors (Lipinski definition) is 8. The summed E-state index contributed by atoms with van der Waals surface area (Å²) < 4.78 is 49.3. The van der Waals surface area contributed by atoms with Crippen molar-refractivity contribution in [2.24, 2.45) is 0 Å². The molecule has 5 rings (SSSR count). The van der Waals surface area contributed by atoms with Crippen LogP contribution >= 0.6 is 48.0 Å². The molecule has 2 aliphatic rings. The van der Waals surface area contributed by atoms with E-state index in [4.69, 9.17) is 29.2 Å². The predicted octanol–water partition coefficient (Wildman–Crippen LogP) is 7.42. The van der Waals surface area contributed by atoms with Gasteiger partial charge in [0.15, 0.2) is 0 Å². The average Bonchev–Trinajstić information content (AvgIpc) is 3.46. The molecule has 0 atom stereocenters. The smallest absolute Gasteiger partial charge is 0.419 e. The Morgan fingerprint density at radius 3 is 1.91 bits per heavy atom. The minimum atomic E-state index is -4.53. The first-order valence-electron chi connectivity index (χ1n) is 12.8. The lowest BCUT2D eigenvalue weighted by atomic mass is 9.94. The molecule has 13 heteroatoms. The van der Waals surface area contributed by atoms with E-state index in [1.54, 1.807) is 7.11 Å². The molecule has 2 heterocycles. The molecule has 2 N–H and O–H groups in total. The molecule has 228 valence electrons. The maximum Gasteiger partial charge on any atom is 0.419 e. The van der Waals surface area contributed by atoms with Crippen LogP contribution in [0.2, 0.25) is 0 Å². The van der Waals surface area contributed by atoms with E-state index in [9.17, 15) is 22.8 Å². The second-order valence-electron chi connectivity index (χ2n) is 9.46. The zero-order valence-electron chi connectivity index (χ0n) is 23.8. The second kappa shape index (κ2) is 14.0. The molecule has 2 fully saturated rings. The molecule has 0 saturated carbocycles. The largest absolute Gasteiger partial charge is 0.497 e. The number of benzene rings is 3. The Balaban J connectivity index is 0.000000204. The third-order valence-corrected chi connectivity index (χ3v) is 8.60. The lowest BCUT2D eigenvalue weighted by Gasteiger charge is -2.13. The summed E-state index contributed by atoms with van der Waals surface area (Å²) in [6, 6.07) is 17.6. The van der Waals surface area contributed by atoms with Crippen molar-refractivity contribution in [3.05, 3.63) is 104 Å². The molecule has 0 bridgehead atoms. The number of alkyl halides is 3. The summed E-state index contributed by atoms with van der Waals surface area (Å²) in [5.41, 5.74) is 4.54. The van der Waals surface area contributed by atoms with E-state index in [1.807, 2.05) is 24.3 Å². The maximum atomic E-state index is 12.9. The average molecular weight is 675 g/mol. The Labute approximate surface area is 271 Å². The number of carbonyl (C=O) groups is 2. The molecular weight excluding hydrogens is 650 g/mol. The highest BCUT2D eigenvalue weighted by atomic mass is 32.2. The number of amides is 2. The lowest BCUT2D eigenvalue weighted by molar-refractivity contribution is -0.138. The zero-order chi connectivity index (χ0) is 32.2. The summed E-state index contributed by atoms with van der Waals surface area (Å²) >= 11 is 12.3. The lowest BCUT2D eigenvalue weighted by Crippen LogP contribution is -2.18. The second-order valence-corrected chi connectivity index (χ2v) is 12.9. The highest BCUT2D eigenvalue weighted by molar-refractivity contribution is 8.27. The van der Waals surface area contributed by atoms with Gasteiger partial charge in [0.25, 0.3) is 11.8 Å². The van der Waals surface area contributed by atoms with Crippen LogP contribution in [0.25, 0.3) is 11.6 Å². The van der Waals surface area contributed by atoms with Gasteiger partial charge in [0.2, 0.25) is 0 Å². The fourth-order valence-corrected chi connectivity index (χ4v) is 6.59. The number of ether oxygens (including phenoxy) is 2. The van der Waals surface area contributed by atoms with E-state index in [0.717, 1.165) is 51.4 Å². The quantitative estimate of drug-likeness (QED) is 0.214. The van der Waals surface area contributed by atoms with Crippen molar-refractivity contribution in [1.82, 2.24) is 10.6 Å². The van der Waals surface area contributed by atoms with Crippen molar-refractivity contribution in [2.75, 3.05) is 14.2 Å². The number of aryl methyl sites for hydroxylation is 2. The van der Waals surface area contributed by atoms with Gasteiger partial charge < -0.3 is 20.1 Å². The minimum Gasteiger partial charge on any atom is -0.497 e. The van der Waals surface area contributed by atoms with Gasteiger partial charge in [-0.2, -0.15) is 13.2 Å². The SMILES string of the molecule is COc1ccc(/C(=C2/SC(=S)NC2=O)c2cc(C)cc(C)c2)cc1.COc1ccc(/C=C2\SC(=S)NC2=O)cc1C(F)(F)F. The van der Waals surface area contributed by atoms with Gasteiger partial charge in [0, 0.05) is 5.57 Å². The van der Waals surface area contributed by atoms with Crippen molar-refractivity contribution in [3.63, 3.8) is 0 Å². The normalized spacial score (nSPS) is 16.8. The third kappa shape index (κ3) is 8.08. The molecule has 0 radical (unpaired) electrons. The number of rotatable bonds is 5. The van der Waals surface area contributed by atoms with E-state index in [0.29, 0.717) is 9.23 Å². The van der Waals surface area contributed by atoms with Crippen molar-refractivity contribution in [1.29, 1.82) is 0 Å². The molecule has 2 amide bonds. The highest BCUT2D eigenvalue weighted by Crippen LogP contribution is 2.39. The van der Waals surface area contributed by atoms with Gasteiger partial charge in [-0.1, -0.05) is 95.5 Å². The van der Waals surface area contributed by atoms with E-state index >= 15 is 0 Å². The standard InChI is InChI=1S/C19H17NO2S2.C12H8F3NO2S2/c1-11-8-12(2)10-14(9-11)16(17-18(21)20-19(23)24-17)13-4-6-15(22-3)7-5-13;1-18-8-3-2-6(4-7(8)12(13,14)15)5-9-10(17)16-11(19)20-9/h4-10H,1-3H3,(H,20,21,23);2-5H,1H3,(H,16,17,19)/b17-16-;9-5-. The van der Waals surface area contributed by atoms with E-state index in [1.165, 1.54) is 37.1 Å². The van der Waals surface area contributed by atoms with Gasteiger partial charge in [0.05, 0.1) is 29.6 Å². The molecule has 0 aliphatic carbocycles. The van der Waals surface area contributed by atoms with Gasteiger partial charge in [-0.25, -0.2) is 0 Å². The summed E-state index contributed by atoms with van der Waals surface area (Å²) in [5.74, 6) is -0.0411. The molecule has 2 saturated heterocycles. The van der Waals surface area contributed by atoms with Gasteiger partial charge in [-0.05, 0) is 60.9 Å². The van der Waals surface area contributed by atoms with Crippen molar-refractivity contribution in [2.45, 2.75) is 20.0 Å². The fourth-order valence-electron chi connectivity index (χ4n) is 4.39. The summed E-state index contributed by atoms with van der Waals surface area (Å²) in [5, 5.41) is 5.11. The van der Waals surface area contributed by atoms with Crippen LogP contribution < -0.4 is 20.1 Å². The number of thioether (sulfide) groups is 2. The topological polar surface area (TPSA) is 76.7 Å². The van der Waals surface area contributed by atoms with Gasteiger partial charge in [-0.15, -0.1) is 0 Å². The number of thiocarbonyl (C=S) groups is 2. The Hall–Kier alpha value is -3.65. The number of methoxy groups -OCH3 is 2. The predicted molar refractivity (Wildman–Crippen MR) is 178 cm³/mol. The van der Waals surface area contributed by atoms with Gasteiger partial charge >= 0.3 is 6.18 Å². The Bertz CT molecular complexity index is 1700. The third-order valence-electron chi connectivity index (χ3n) is 6.20. The molecule has 2 aliphatic heterocycles. The van der Waals surface area contributed by atoms with Crippen molar-refractivity contribution >= 4 is 80.1 Å². The molecule has 0 unspecified atom stereocenters. The van der Waals surface area contributed by atoms with Crippen molar-refractivity contribution < 1.29 is 32.2 Å². The van der Waals surface area contributed by atoms with Crippen LogP contribution in [0.3, 0.4) is 0 Å². The fraction of sp³-hybridized carbons (Fsp3) is 0.161. The summed E-state index contributed by atoms with van der Waals surface area (Å²) in [6.45, 7) is 4.11. The Morgan fingerprint density at radius 2 is 1.41 bits per heavy atom. The molecular formula is C31H25F3N2O4S4. The van der Waals surface area contributed by atoms with Crippen LogP contribution in [-0.2, 0) is 15.8 Å². The van der Waals surface area contributed by atoms with Crippen LogP contribution in [0.15, 0.2) is 70.5 Å². The number of halogens is 3. The van der Waals surface area contributed by atoms with Crippen LogP contribution in [0.5, 0.6) is 11.5 Å². The molecule has 6 nitrogen and oxygen atoms in total. The molecule has 3 aromatic rings. The first-order chi connectivity index (χ1) is 20.8. The van der Waals surface area contributed by atoms with Crippen LogP contribution in [-0.4, -0.2) is 34.7 Å². The van der Waals surface area contributed by atoms with Gasteiger partial charge in [-0.3, -0.25) is 9.59 Å². The maximum absolute atomic E-state index is 12.9. The summed E-state index contributed by atoms with van der Waals surface area (Å²) in [4.78, 5) is 24.7. The summed E-state index contributed by atoms with van der Waals surface area (Å²) in [7, 11) is 2.80. The van der Waals surface area contributed by atoms with Crippen LogP contribution in [0, 0.1) is 13.8 Å². The molecule has 3 aromatic carbocycles. The Kier molecular flexibility index (Phi) is 10.6. The van der Waals surface area contributed by atoms with E-state index in [-0.39, 0.29) is 26.4 Å². The molecule has 44 heavy (non-hydrogen) atoms. The Morgan fingerprint density at radius 1 is 0.795 bits per heavy atom. The number of carbonyl (C=O) groups excluding carboxylic acids is 2. The molecule has 0 spiro atoms. The van der Waals surface area contributed by atoms with E-state index in [2.05, 4.69) is 47.4 Å².